The van der Waals surface area contributed by atoms with Crippen LogP contribution in [0, 0.1) is 12.8 Å². The molecule has 1 aliphatic rings. The first kappa shape index (κ1) is 13.1. The van der Waals surface area contributed by atoms with Crippen LogP contribution in [0.25, 0.3) is 0 Å². The molecule has 0 radical (unpaired) electrons. The smallest absolute Gasteiger partial charge is 0.315 e. The Hall–Kier alpha value is -1.35. The lowest BCUT2D eigenvalue weighted by molar-refractivity contribution is -0.143. The zero-order valence-electron chi connectivity index (χ0n) is 10.9. The van der Waals surface area contributed by atoms with Gasteiger partial charge in [0, 0.05) is 6.54 Å². The third-order valence-electron chi connectivity index (χ3n) is 4.00. The number of carboxylic acids is 1. The molecule has 0 spiro atoms. The summed E-state index contributed by atoms with van der Waals surface area (Å²) in [5.41, 5.74) is 6.84. The van der Waals surface area contributed by atoms with Gasteiger partial charge in [-0.3, -0.25) is 4.79 Å². The summed E-state index contributed by atoms with van der Waals surface area (Å²) in [5, 5.41) is 9.62. The van der Waals surface area contributed by atoms with Crippen molar-refractivity contribution in [3.63, 3.8) is 0 Å². The van der Waals surface area contributed by atoms with Crippen molar-refractivity contribution in [2.75, 3.05) is 6.54 Å². The minimum absolute atomic E-state index is 0.165. The Balaban J connectivity index is 2.29. The van der Waals surface area contributed by atoms with Crippen molar-refractivity contribution in [2.45, 2.75) is 38.0 Å². The number of carbonyl (C=O) groups is 1. The van der Waals surface area contributed by atoms with Gasteiger partial charge in [-0.2, -0.15) is 0 Å². The van der Waals surface area contributed by atoms with Gasteiger partial charge in [-0.15, -0.1) is 0 Å². The van der Waals surface area contributed by atoms with Gasteiger partial charge >= 0.3 is 5.97 Å². The minimum Gasteiger partial charge on any atom is -0.481 e. The first-order chi connectivity index (χ1) is 8.58. The molecular formula is C15H21NO2. The number of hydrogen-bond acceptors (Lipinski definition) is 2. The predicted octanol–water partition coefficient (Wildman–Crippen LogP) is 2.47. The molecule has 1 aromatic carbocycles. The molecule has 0 bridgehead atoms. The first-order valence-electron chi connectivity index (χ1n) is 6.59. The molecule has 0 aliphatic heterocycles. The van der Waals surface area contributed by atoms with E-state index >= 15 is 0 Å². The Labute approximate surface area is 108 Å². The van der Waals surface area contributed by atoms with E-state index in [1.807, 2.05) is 31.2 Å². The van der Waals surface area contributed by atoms with E-state index in [0.29, 0.717) is 6.42 Å². The van der Waals surface area contributed by atoms with E-state index in [2.05, 4.69) is 0 Å². The second-order valence-electron chi connectivity index (χ2n) is 5.44. The molecule has 2 rings (SSSR count). The van der Waals surface area contributed by atoms with Crippen LogP contribution in [0.3, 0.4) is 0 Å². The van der Waals surface area contributed by atoms with Crippen LogP contribution in [0.15, 0.2) is 24.3 Å². The maximum atomic E-state index is 11.7. The van der Waals surface area contributed by atoms with Crippen molar-refractivity contribution in [2.24, 2.45) is 11.7 Å². The first-order valence-corrected chi connectivity index (χ1v) is 6.59. The zero-order valence-corrected chi connectivity index (χ0v) is 10.9. The fourth-order valence-electron chi connectivity index (χ4n) is 2.48. The molecule has 3 N–H and O–H groups in total. The lowest BCUT2D eigenvalue weighted by Crippen LogP contribution is -2.43. The molecule has 0 saturated heterocycles. The van der Waals surface area contributed by atoms with Gasteiger partial charge in [0.25, 0.3) is 0 Å². The van der Waals surface area contributed by atoms with E-state index in [9.17, 15) is 9.90 Å². The Bertz CT molecular complexity index is 440. The van der Waals surface area contributed by atoms with Crippen LogP contribution < -0.4 is 5.73 Å². The summed E-state index contributed by atoms with van der Waals surface area (Å²) in [6.45, 7) is 2.14. The molecule has 0 amide bonds. The van der Waals surface area contributed by atoms with Crippen molar-refractivity contribution in [3.8, 4) is 0 Å². The third-order valence-corrected chi connectivity index (χ3v) is 4.00. The fourth-order valence-corrected chi connectivity index (χ4v) is 2.48. The van der Waals surface area contributed by atoms with Gasteiger partial charge in [0.15, 0.2) is 0 Å². The monoisotopic (exact) mass is 247 g/mol. The molecule has 0 heterocycles. The van der Waals surface area contributed by atoms with E-state index in [4.69, 9.17) is 5.73 Å². The molecule has 1 fully saturated rings. The van der Waals surface area contributed by atoms with E-state index < -0.39 is 11.4 Å². The molecule has 1 aliphatic carbocycles. The maximum absolute atomic E-state index is 11.7. The molecule has 3 nitrogen and oxygen atoms in total. The average molecular weight is 247 g/mol. The number of rotatable bonds is 6. The molecule has 1 atom stereocenters. The van der Waals surface area contributed by atoms with E-state index in [1.165, 1.54) is 12.8 Å². The van der Waals surface area contributed by atoms with Crippen LogP contribution in [-0.2, 0) is 10.2 Å². The number of carboxylic acid groups (broad SMARTS) is 1. The quantitative estimate of drug-likeness (QED) is 0.811. The van der Waals surface area contributed by atoms with Gasteiger partial charge in [-0.1, -0.05) is 42.7 Å². The number of nitrogens with two attached hydrogens (primary N) is 1. The van der Waals surface area contributed by atoms with E-state index in [1.54, 1.807) is 0 Å². The SMILES string of the molecule is Cc1cccc(C(CN)(CCC2CC2)C(=O)O)c1. The number of hydrogen-bond donors (Lipinski definition) is 2. The van der Waals surface area contributed by atoms with Gasteiger partial charge in [0.05, 0.1) is 0 Å². The normalized spacial score (nSPS) is 18.3. The van der Waals surface area contributed by atoms with Gasteiger partial charge in [-0.25, -0.2) is 0 Å². The Kier molecular flexibility index (Phi) is 3.71. The number of aliphatic carboxylic acids is 1. The maximum Gasteiger partial charge on any atom is 0.315 e. The highest BCUT2D eigenvalue weighted by Gasteiger charge is 2.40. The zero-order chi connectivity index (χ0) is 13.2. The van der Waals surface area contributed by atoms with Crippen molar-refractivity contribution in [3.05, 3.63) is 35.4 Å². The average Bonchev–Trinajstić information content (AvgIpc) is 3.14. The van der Waals surface area contributed by atoms with Crippen LogP contribution in [0.4, 0.5) is 0 Å². The van der Waals surface area contributed by atoms with Crippen LogP contribution in [0.2, 0.25) is 0 Å². The summed E-state index contributed by atoms with van der Waals surface area (Å²) in [4.78, 5) is 11.7. The van der Waals surface area contributed by atoms with Gasteiger partial charge < -0.3 is 10.8 Å². The molecule has 98 valence electrons. The molecule has 1 saturated carbocycles. The largest absolute Gasteiger partial charge is 0.481 e. The molecule has 18 heavy (non-hydrogen) atoms. The summed E-state index contributed by atoms with van der Waals surface area (Å²) in [5.74, 6) is -0.0728. The highest BCUT2D eigenvalue weighted by Crippen LogP contribution is 2.39. The Morgan fingerprint density at radius 1 is 1.50 bits per heavy atom. The molecular weight excluding hydrogens is 226 g/mol. The molecule has 1 unspecified atom stereocenters. The lowest BCUT2D eigenvalue weighted by Gasteiger charge is -2.29. The van der Waals surface area contributed by atoms with Crippen LogP contribution in [-0.4, -0.2) is 17.6 Å². The van der Waals surface area contributed by atoms with Crippen LogP contribution >= 0.6 is 0 Å². The van der Waals surface area contributed by atoms with E-state index in [-0.39, 0.29) is 6.54 Å². The van der Waals surface area contributed by atoms with Crippen molar-refractivity contribution in [1.29, 1.82) is 0 Å². The summed E-state index contributed by atoms with van der Waals surface area (Å²) in [7, 11) is 0. The van der Waals surface area contributed by atoms with Gasteiger partial charge in [0.2, 0.25) is 0 Å². The van der Waals surface area contributed by atoms with Crippen molar-refractivity contribution >= 4 is 5.97 Å². The van der Waals surface area contributed by atoms with Crippen LogP contribution in [0.5, 0.6) is 0 Å². The third kappa shape index (κ3) is 2.56. The summed E-state index contributed by atoms with van der Waals surface area (Å²) < 4.78 is 0. The topological polar surface area (TPSA) is 63.3 Å². The molecule has 3 heteroatoms. The van der Waals surface area contributed by atoms with Crippen molar-refractivity contribution < 1.29 is 9.90 Å². The van der Waals surface area contributed by atoms with Crippen molar-refractivity contribution in [1.82, 2.24) is 0 Å². The molecule has 1 aromatic rings. The highest BCUT2D eigenvalue weighted by molar-refractivity contribution is 5.81. The van der Waals surface area contributed by atoms with Crippen LogP contribution in [0.1, 0.15) is 36.8 Å². The van der Waals surface area contributed by atoms with Gasteiger partial charge in [0.1, 0.15) is 5.41 Å². The lowest BCUT2D eigenvalue weighted by atomic mass is 9.75. The fraction of sp³-hybridized carbons (Fsp3) is 0.533. The van der Waals surface area contributed by atoms with E-state index in [0.717, 1.165) is 23.5 Å². The second kappa shape index (κ2) is 5.11. The summed E-state index contributed by atoms with van der Waals surface area (Å²) in [6.07, 6.45) is 4.10. The highest BCUT2D eigenvalue weighted by atomic mass is 16.4. The Morgan fingerprint density at radius 3 is 2.72 bits per heavy atom. The Morgan fingerprint density at radius 2 is 2.22 bits per heavy atom. The standard InChI is InChI=1S/C15H21NO2/c1-11-3-2-4-13(9-11)15(10-16,14(17)18)8-7-12-5-6-12/h2-4,9,12H,5-8,10,16H2,1H3,(H,17,18). The predicted molar refractivity (Wildman–Crippen MR) is 71.5 cm³/mol. The second-order valence-corrected chi connectivity index (χ2v) is 5.44. The number of aryl methyl sites for hydroxylation is 1. The minimum atomic E-state index is -0.908. The molecule has 0 aromatic heterocycles. The summed E-state index contributed by atoms with van der Waals surface area (Å²) >= 11 is 0. The number of benzene rings is 1. The summed E-state index contributed by atoms with van der Waals surface area (Å²) in [6, 6.07) is 7.73. The van der Waals surface area contributed by atoms with Gasteiger partial charge in [-0.05, 0) is 31.2 Å².